The number of carbonyl (C=O) groups excluding carboxylic acids is 1. The SMILES string of the molecule is O=C(CCCn1c(=O)oc2ccccc21)Nc1ccc(Oc2cccc(Br)c2)nc1. The van der Waals surface area contributed by atoms with Crippen LogP contribution in [-0.4, -0.2) is 15.5 Å². The van der Waals surface area contributed by atoms with Crippen LogP contribution < -0.4 is 15.8 Å². The van der Waals surface area contributed by atoms with Crippen LogP contribution in [0, 0.1) is 0 Å². The van der Waals surface area contributed by atoms with Crippen LogP contribution in [0.2, 0.25) is 0 Å². The summed E-state index contributed by atoms with van der Waals surface area (Å²) in [5.41, 5.74) is 1.85. The molecule has 2 heterocycles. The van der Waals surface area contributed by atoms with Crippen molar-refractivity contribution in [1.29, 1.82) is 0 Å². The summed E-state index contributed by atoms with van der Waals surface area (Å²) in [6.45, 7) is 0.404. The Morgan fingerprint density at radius 2 is 2.00 bits per heavy atom. The number of hydrogen-bond acceptors (Lipinski definition) is 5. The molecule has 1 amide bonds. The molecule has 4 aromatic rings. The summed E-state index contributed by atoms with van der Waals surface area (Å²) < 4.78 is 13.3. The number of benzene rings is 2. The highest BCUT2D eigenvalue weighted by atomic mass is 79.9. The molecule has 0 aliphatic heterocycles. The number of halogens is 1. The number of aryl methyl sites for hydroxylation is 1. The summed E-state index contributed by atoms with van der Waals surface area (Å²) in [5, 5.41) is 2.80. The van der Waals surface area contributed by atoms with Gasteiger partial charge in [-0.3, -0.25) is 9.36 Å². The molecule has 2 aromatic heterocycles. The first-order valence-corrected chi connectivity index (χ1v) is 10.2. The number of carbonyl (C=O) groups is 1. The highest BCUT2D eigenvalue weighted by Crippen LogP contribution is 2.23. The minimum Gasteiger partial charge on any atom is -0.439 e. The largest absolute Gasteiger partial charge is 0.439 e. The minimum atomic E-state index is -0.415. The van der Waals surface area contributed by atoms with Gasteiger partial charge in [-0.1, -0.05) is 34.1 Å². The molecule has 0 atom stereocenters. The third kappa shape index (κ3) is 4.77. The number of nitrogens with zero attached hydrogens (tertiary/aromatic N) is 2. The summed E-state index contributed by atoms with van der Waals surface area (Å²) in [4.78, 5) is 28.4. The molecular weight excluding hydrogens is 450 g/mol. The number of fused-ring (bicyclic) bond motifs is 1. The van der Waals surface area contributed by atoms with Gasteiger partial charge in [0.15, 0.2) is 5.58 Å². The van der Waals surface area contributed by atoms with Crippen LogP contribution in [-0.2, 0) is 11.3 Å². The first kappa shape index (κ1) is 19.9. The summed E-state index contributed by atoms with van der Waals surface area (Å²) in [7, 11) is 0. The molecule has 0 fully saturated rings. The summed E-state index contributed by atoms with van der Waals surface area (Å²) in [5.74, 6) is 0.521. The molecule has 0 unspecified atom stereocenters. The lowest BCUT2D eigenvalue weighted by atomic mass is 10.2. The first-order chi connectivity index (χ1) is 14.6. The molecular formula is C22H18BrN3O4. The molecule has 4 rings (SSSR count). The van der Waals surface area contributed by atoms with Crippen LogP contribution in [0.25, 0.3) is 11.1 Å². The Morgan fingerprint density at radius 3 is 2.80 bits per heavy atom. The van der Waals surface area contributed by atoms with Gasteiger partial charge in [-0.2, -0.15) is 0 Å². The average Bonchev–Trinajstić information content (AvgIpc) is 3.05. The van der Waals surface area contributed by atoms with Gasteiger partial charge >= 0.3 is 5.76 Å². The predicted molar refractivity (Wildman–Crippen MR) is 117 cm³/mol. The second-order valence-electron chi connectivity index (χ2n) is 6.58. The van der Waals surface area contributed by atoms with Gasteiger partial charge in [-0.25, -0.2) is 9.78 Å². The Labute approximate surface area is 180 Å². The fraction of sp³-hybridized carbons (Fsp3) is 0.136. The smallest absolute Gasteiger partial charge is 0.419 e. The Bertz CT molecular complexity index is 1230. The van der Waals surface area contributed by atoms with Crippen molar-refractivity contribution in [3.8, 4) is 11.6 Å². The monoisotopic (exact) mass is 467 g/mol. The van der Waals surface area contributed by atoms with E-state index >= 15 is 0 Å². The van der Waals surface area contributed by atoms with Crippen LogP contribution in [0.15, 0.2) is 80.5 Å². The van der Waals surface area contributed by atoms with Gasteiger partial charge in [0.05, 0.1) is 17.4 Å². The van der Waals surface area contributed by atoms with E-state index < -0.39 is 5.76 Å². The molecule has 152 valence electrons. The van der Waals surface area contributed by atoms with E-state index in [4.69, 9.17) is 9.15 Å². The van der Waals surface area contributed by atoms with Crippen LogP contribution in [0.3, 0.4) is 0 Å². The lowest BCUT2D eigenvalue weighted by Crippen LogP contribution is -2.17. The van der Waals surface area contributed by atoms with Crippen molar-refractivity contribution in [1.82, 2.24) is 9.55 Å². The van der Waals surface area contributed by atoms with E-state index in [2.05, 4.69) is 26.2 Å². The van der Waals surface area contributed by atoms with Gasteiger partial charge in [-0.15, -0.1) is 0 Å². The van der Waals surface area contributed by atoms with Gasteiger partial charge in [-0.05, 0) is 42.8 Å². The Hall–Kier alpha value is -3.39. The third-order valence-corrected chi connectivity index (χ3v) is 4.89. The highest BCUT2D eigenvalue weighted by Gasteiger charge is 2.10. The quantitative estimate of drug-likeness (QED) is 0.414. The third-order valence-electron chi connectivity index (χ3n) is 4.40. The lowest BCUT2D eigenvalue weighted by molar-refractivity contribution is -0.116. The standard InChI is InChI=1S/C22H18BrN3O4/c23-15-5-3-6-17(13-15)29-21-11-10-16(14-24-21)25-20(27)9-4-12-26-18-7-1-2-8-19(18)30-22(26)28/h1-3,5-8,10-11,13-14H,4,9,12H2,(H,25,27). The first-order valence-electron chi connectivity index (χ1n) is 9.36. The molecule has 0 saturated heterocycles. The van der Waals surface area contributed by atoms with Crippen molar-refractivity contribution in [2.45, 2.75) is 19.4 Å². The number of pyridine rings is 1. The van der Waals surface area contributed by atoms with Crippen LogP contribution >= 0.6 is 15.9 Å². The van der Waals surface area contributed by atoms with E-state index in [9.17, 15) is 9.59 Å². The predicted octanol–water partition coefficient (Wildman–Crippen LogP) is 4.96. The topological polar surface area (TPSA) is 86.4 Å². The molecule has 0 spiro atoms. The van der Waals surface area contributed by atoms with Gasteiger partial charge in [0.2, 0.25) is 11.8 Å². The number of ether oxygens (including phenoxy) is 1. The Morgan fingerprint density at radius 1 is 1.13 bits per heavy atom. The second-order valence-corrected chi connectivity index (χ2v) is 7.50. The maximum absolute atomic E-state index is 12.2. The average molecular weight is 468 g/mol. The van der Waals surface area contributed by atoms with Crippen molar-refractivity contribution < 1.29 is 13.9 Å². The summed E-state index contributed by atoms with van der Waals surface area (Å²) in [6, 6.07) is 18.1. The van der Waals surface area contributed by atoms with Gasteiger partial charge in [0.25, 0.3) is 0 Å². The minimum absolute atomic E-state index is 0.154. The van der Waals surface area contributed by atoms with Crippen molar-refractivity contribution in [3.05, 3.63) is 81.9 Å². The summed E-state index contributed by atoms with van der Waals surface area (Å²) >= 11 is 3.39. The maximum atomic E-state index is 12.2. The van der Waals surface area contributed by atoms with Gasteiger partial charge in [0, 0.05) is 23.5 Å². The number of hydrogen-bond donors (Lipinski definition) is 1. The van der Waals surface area contributed by atoms with Crippen LogP contribution in [0.4, 0.5) is 5.69 Å². The Balaban J connectivity index is 1.29. The molecule has 0 aliphatic carbocycles. The molecule has 30 heavy (non-hydrogen) atoms. The number of rotatable bonds is 7. The van der Waals surface area contributed by atoms with E-state index in [0.717, 1.165) is 9.99 Å². The number of oxazole rings is 1. The molecule has 2 aromatic carbocycles. The van der Waals surface area contributed by atoms with Crippen molar-refractivity contribution in [3.63, 3.8) is 0 Å². The van der Waals surface area contributed by atoms with Gasteiger partial charge in [0.1, 0.15) is 5.75 Å². The fourth-order valence-corrected chi connectivity index (χ4v) is 3.39. The number of nitrogens with one attached hydrogen (secondary N) is 1. The number of amides is 1. The molecule has 0 bridgehead atoms. The molecule has 0 saturated carbocycles. The summed E-state index contributed by atoms with van der Waals surface area (Å²) in [6.07, 6.45) is 2.31. The molecule has 0 aliphatic rings. The van der Waals surface area contributed by atoms with Crippen LogP contribution in [0.1, 0.15) is 12.8 Å². The zero-order valence-electron chi connectivity index (χ0n) is 15.9. The maximum Gasteiger partial charge on any atom is 0.419 e. The molecule has 7 nitrogen and oxygen atoms in total. The second kappa shape index (κ2) is 8.96. The van der Waals surface area contributed by atoms with E-state index in [1.807, 2.05) is 42.5 Å². The molecule has 8 heteroatoms. The van der Waals surface area contributed by atoms with Gasteiger partial charge < -0.3 is 14.5 Å². The number of aromatic nitrogens is 2. The zero-order valence-corrected chi connectivity index (χ0v) is 17.5. The van der Waals surface area contributed by atoms with Crippen LogP contribution in [0.5, 0.6) is 11.6 Å². The van der Waals surface area contributed by atoms with Crippen molar-refractivity contribution in [2.24, 2.45) is 0 Å². The normalized spacial score (nSPS) is 10.8. The van der Waals surface area contributed by atoms with E-state index in [0.29, 0.717) is 35.9 Å². The number of para-hydroxylation sites is 2. The van der Waals surface area contributed by atoms with E-state index in [1.165, 1.54) is 4.57 Å². The zero-order chi connectivity index (χ0) is 20.9. The molecule has 0 radical (unpaired) electrons. The molecule has 1 N–H and O–H groups in total. The van der Waals surface area contributed by atoms with E-state index in [1.54, 1.807) is 24.4 Å². The fourth-order valence-electron chi connectivity index (χ4n) is 3.01. The lowest BCUT2D eigenvalue weighted by Gasteiger charge is -2.08. The van der Waals surface area contributed by atoms with E-state index in [-0.39, 0.29) is 12.3 Å². The van der Waals surface area contributed by atoms with Crippen molar-refractivity contribution >= 4 is 38.6 Å². The number of anilines is 1. The highest BCUT2D eigenvalue weighted by molar-refractivity contribution is 9.10. The Kier molecular flexibility index (Phi) is 5.94. The van der Waals surface area contributed by atoms with Crippen molar-refractivity contribution in [2.75, 3.05) is 5.32 Å².